The Labute approximate surface area is 171 Å². The molecule has 0 spiro atoms. The number of rotatable bonds is 4. The van der Waals surface area contributed by atoms with Gasteiger partial charge in [0.15, 0.2) is 16.3 Å². The van der Waals surface area contributed by atoms with Crippen LogP contribution in [0.5, 0.6) is 5.75 Å². The number of methoxy groups -OCH3 is 1. The van der Waals surface area contributed by atoms with Crippen LogP contribution in [0.25, 0.3) is 21.4 Å². The Morgan fingerprint density at radius 3 is 2.72 bits per heavy atom. The van der Waals surface area contributed by atoms with Gasteiger partial charge < -0.3 is 10.1 Å². The van der Waals surface area contributed by atoms with Crippen LogP contribution >= 0.6 is 22.9 Å². The van der Waals surface area contributed by atoms with Crippen molar-refractivity contribution >= 4 is 55.4 Å². The van der Waals surface area contributed by atoms with E-state index < -0.39 is 17.2 Å². The van der Waals surface area contributed by atoms with Gasteiger partial charge in [0.2, 0.25) is 11.2 Å². The number of amides is 1. The highest BCUT2D eigenvalue weighted by atomic mass is 35.5. The lowest BCUT2D eigenvalue weighted by molar-refractivity contribution is -0.116. The molecule has 0 aliphatic carbocycles. The van der Waals surface area contributed by atoms with E-state index in [4.69, 9.17) is 16.3 Å². The van der Waals surface area contributed by atoms with Gasteiger partial charge in [-0.3, -0.25) is 23.3 Å². The molecule has 0 fully saturated rings. The molecular weight excluding hydrogens is 420 g/mol. The molecule has 1 N–H and O–H groups in total. The number of nitrogens with zero attached hydrogens (tertiary/aromatic N) is 5. The molecule has 0 atom stereocenters. The van der Waals surface area contributed by atoms with Crippen molar-refractivity contribution < 1.29 is 9.53 Å². The molecule has 0 bridgehead atoms. The smallest absolute Gasteiger partial charge is 0.332 e. The number of hydrogen-bond donors (Lipinski definition) is 1. The number of nitrogens with one attached hydrogen (secondary N) is 1. The molecule has 1 aromatic carbocycles. The van der Waals surface area contributed by atoms with E-state index in [0.717, 1.165) is 14.8 Å². The molecule has 3 aromatic heterocycles. The summed E-state index contributed by atoms with van der Waals surface area (Å²) in [7, 11) is 4.40. The summed E-state index contributed by atoms with van der Waals surface area (Å²) < 4.78 is 9.46. The minimum Gasteiger partial charge on any atom is -0.497 e. The number of fused-ring (bicyclic) bond motifs is 2. The van der Waals surface area contributed by atoms with Crippen molar-refractivity contribution in [3.63, 3.8) is 0 Å². The number of carbonyl (C=O) groups excluding carboxylic acids is 1. The first-order valence-corrected chi connectivity index (χ1v) is 9.55. The highest BCUT2D eigenvalue weighted by Crippen LogP contribution is 2.29. The van der Waals surface area contributed by atoms with Gasteiger partial charge >= 0.3 is 5.69 Å². The fourth-order valence-corrected chi connectivity index (χ4v) is 4.09. The molecule has 150 valence electrons. The Morgan fingerprint density at radius 2 is 2.00 bits per heavy atom. The summed E-state index contributed by atoms with van der Waals surface area (Å²) in [5.41, 5.74) is -0.201. The van der Waals surface area contributed by atoms with Gasteiger partial charge in [0.25, 0.3) is 5.56 Å². The van der Waals surface area contributed by atoms with Crippen molar-refractivity contribution in [1.82, 2.24) is 23.7 Å². The van der Waals surface area contributed by atoms with Gasteiger partial charge in [-0.15, -0.1) is 0 Å². The quantitative estimate of drug-likeness (QED) is 0.485. The van der Waals surface area contributed by atoms with Gasteiger partial charge in [0, 0.05) is 14.1 Å². The van der Waals surface area contributed by atoms with E-state index in [1.54, 1.807) is 19.2 Å². The molecule has 10 nitrogen and oxygen atoms in total. The first kappa shape index (κ1) is 19.2. The maximum Gasteiger partial charge on any atom is 0.332 e. The number of imidazole rings is 1. The third kappa shape index (κ3) is 3.17. The van der Waals surface area contributed by atoms with Gasteiger partial charge in [-0.2, -0.15) is 4.98 Å². The van der Waals surface area contributed by atoms with Gasteiger partial charge in [-0.1, -0.05) is 11.3 Å². The molecule has 4 rings (SSSR count). The summed E-state index contributed by atoms with van der Waals surface area (Å²) in [6.45, 7) is -0.262. The first-order valence-electron chi connectivity index (χ1n) is 8.36. The lowest BCUT2D eigenvalue weighted by atomic mass is 10.3. The molecular formula is C17H15ClN6O4S. The molecule has 0 aliphatic heterocycles. The predicted octanol–water partition coefficient (Wildman–Crippen LogP) is 1.34. The second-order valence-electron chi connectivity index (χ2n) is 6.25. The molecule has 12 heteroatoms. The van der Waals surface area contributed by atoms with Crippen molar-refractivity contribution in [2.45, 2.75) is 6.54 Å². The number of thiazole rings is 1. The number of aromatic nitrogens is 5. The molecule has 0 saturated carbocycles. The largest absolute Gasteiger partial charge is 0.497 e. The fourth-order valence-electron chi connectivity index (χ4n) is 2.95. The summed E-state index contributed by atoms with van der Waals surface area (Å²) >= 11 is 7.44. The molecule has 0 saturated heterocycles. The molecule has 0 aliphatic rings. The maximum atomic E-state index is 12.6. The zero-order chi connectivity index (χ0) is 20.9. The van der Waals surface area contributed by atoms with E-state index in [2.05, 4.69) is 15.3 Å². The third-order valence-electron chi connectivity index (χ3n) is 4.45. The van der Waals surface area contributed by atoms with Crippen molar-refractivity contribution in [3.8, 4) is 5.75 Å². The van der Waals surface area contributed by atoms with Crippen LogP contribution in [0.3, 0.4) is 0 Å². The third-order valence-corrected chi connectivity index (χ3v) is 5.67. The molecule has 1 amide bonds. The minimum atomic E-state index is -0.581. The molecule has 4 aromatic rings. The second kappa shape index (κ2) is 7.01. The number of benzene rings is 1. The van der Waals surface area contributed by atoms with Crippen molar-refractivity contribution in [1.29, 1.82) is 0 Å². The summed E-state index contributed by atoms with van der Waals surface area (Å²) in [6.07, 6.45) is 0. The minimum absolute atomic E-state index is 0.0671. The predicted molar refractivity (Wildman–Crippen MR) is 110 cm³/mol. The number of ether oxygens (including phenoxy) is 1. The van der Waals surface area contributed by atoms with Gasteiger partial charge in [-0.05, 0) is 29.8 Å². The van der Waals surface area contributed by atoms with Gasteiger partial charge in [0.05, 0.1) is 17.3 Å². The number of halogens is 1. The SMILES string of the molecule is COc1ccc2nc(NC(=O)Cn3c(Cl)nc4c3c(=O)n(C)c(=O)n4C)sc2c1. The van der Waals surface area contributed by atoms with E-state index >= 15 is 0 Å². The number of anilines is 1. The lowest BCUT2D eigenvalue weighted by Crippen LogP contribution is -2.37. The maximum absolute atomic E-state index is 12.6. The summed E-state index contributed by atoms with van der Waals surface area (Å²) in [5, 5.41) is 3.04. The van der Waals surface area contributed by atoms with Crippen molar-refractivity contribution in [2.24, 2.45) is 14.1 Å². The number of aryl methyl sites for hydroxylation is 1. The molecule has 0 unspecified atom stereocenters. The Balaban J connectivity index is 1.67. The number of carbonyl (C=O) groups is 1. The van der Waals surface area contributed by atoms with Crippen LogP contribution in [0.15, 0.2) is 27.8 Å². The Kier molecular flexibility index (Phi) is 4.63. The van der Waals surface area contributed by atoms with E-state index in [1.807, 2.05) is 6.07 Å². The Bertz CT molecular complexity index is 1400. The summed E-state index contributed by atoms with van der Waals surface area (Å²) in [5.74, 6) is 0.255. The fraction of sp³-hybridized carbons (Fsp3) is 0.235. The molecule has 3 heterocycles. The average Bonchev–Trinajstić information content (AvgIpc) is 3.24. The van der Waals surface area contributed by atoms with Crippen LogP contribution in [0.1, 0.15) is 0 Å². The van der Waals surface area contributed by atoms with Gasteiger partial charge in [0.1, 0.15) is 12.3 Å². The van der Waals surface area contributed by atoms with Crippen LogP contribution in [-0.4, -0.2) is 36.7 Å². The average molecular weight is 435 g/mol. The van der Waals surface area contributed by atoms with Crippen molar-refractivity contribution in [2.75, 3.05) is 12.4 Å². The van der Waals surface area contributed by atoms with E-state index in [9.17, 15) is 14.4 Å². The van der Waals surface area contributed by atoms with E-state index in [0.29, 0.717) is 10.9 Å². The van der Waals surface area contributed by atoms with Crippen LogP contribution in [-0.2, 0) is 25.4 Å². The second-order valence-corrected chi connectivity index (χ2v) is 7.61. The number of hydrogen-bond acceptors (Lipinski definition) is 7. The van der Waals surface area contributed by atoms with Crippen molar-refractivity contribution in [3.05, 3.63) is 44.3 Å². The molecule has 29 heavy (non-hydrogen) atoms. The molecule has 0 radical (unpaired) electrons. The first-order chi connectivity index (χ1) is 13.8. The Morgan fingerprint density at radius 1 is 1.24 bits per heavy atom. The van der Waals surface area contributed by atoms with E-state index in [1.165, 1.54) is 34.6 Å². The highest BCUT2D eigenvalue weighted by molar-refractivity contribution is 7.22. The zero-order valence-electron chi connectivity index (χ0n) is 15.6. The summed E-state index contributed by atoms with van der Waals surface area (Å²) in [4.78, 5) is 45.6. The lowest BCUT2D eigenvalue weighted by Gasteiger charge is -2.07. The van der Waals surface area contributed by atoms with Crippen LogP contribution < -0.4 is 21.3 Å². The van der Waals surface area contributed by atoms with Crippen LogP contribution in [0.2, 0.25) is 5.28 Å². The normalized spacial score (nSPS) is 11.3. The Hall–Kier alpha value is -3.18. The van der Waals surface area contributed by atoms with Crippen LogP contribution in [0.4, 0.5) is 5.13 Å². The van der Waals surface area contributed by atoms with E-state index in [-0.39, 0.29) is 23.0 Å². The zero-order valence-corrected chi connectivity index (χ0v) is 17.2. The van der Waals surface area contributed by atoms with Gasteiger partial charge in [-0.25, -0.2) is 9.78 Å². The highest BCUT2D eigenvalue weighted by Gasteiger charge is 2.20. The monoisotopic (exact) mass is 434 g/mol. The standard InChI is InChI=1S/C17H15ClN6O4S/c1-22-13-12(14(26)23(2)17(22)27)24(15(18)21-13)7-11(25)20-16-19-9-5-4-8(28-3)6-10(9)29-16/h4-6H,7H2,1-3H3,(H,19,20,25). The summed E-state index contributed by atoms with van der Waals surface area (Å²) in [6, 6.07) is 5.41. The van der Waals surface area contributed by atoms with Crippen LogP contribution in [0, 0.1) is 0 Å². The topological polar surface area (TPSA) is 113 Å².